The van der Waals surface area contributed by atoms with E-state index in [1.54, 1.807) is 0 Å². The first-order valence-corrected chi connectivity index (χ1v) is 7.67. The van der Waals surface area contributed by atoms with Gasteiger partial charge in [0.05, 0.1) is 0 Å². The zero-order chi connectivity index (χ0) is 13.6. The number of nitrogens with zero attached hydrogens (tertiary/aromatic N) is 1. The second-order valence-corrected chi connectivity index (χ2v) is 7.48. The summed E-state index contributed by atoms with van der Waals surface area (Å²) in [7, 11) is 0. The molecule has 0 aromatic carbocycles. The smallest absolute Gasteiger partial charge is 0.136 e. The van der Waals surface area contributed by atoms with Crippen LogP contribution < -0.4 is 4.72 Å². The molecule has 1 unspecified atom stereocenters. The van der Waals surface area contributed by atoms with Gasteiger partial charge in [0.15, 0.2) is 0 Å². The second kappa shape index (κ2) is 7.12. The van der Waals surface area contributed by atoms with Gasteiger partial charge in [-0.1, -0.05) is 19.4 Å². The molecule has 0 radical (unpaired) electrons. The van der Waals surface area contributed by atoms with Gasteiger partial charge < -0.3 is 4.55 Å². The van der Waals surface area contributed by atoms with Crippen molar-refractivity contribution < 1.29 is 4.55 Å². The lowest BCUT2D eigenvalue weighted by atomic mass is 10.1. The predicted molar refractivity (Wildman–Crippen MR) is 77.8 cm³/mol. The van der Waals surface area contributed by atoms with Crippen molar-refractivity contribution >= 4 is 11.4 Å². The first-order chi connectivity index (χ1) is 8.43. The van der Waals surface area contributed by atoms with Crippen LogP contribution in [0.15, 0.2) is 18.3 Å². The molecule has 0 fully saturated rings. The van der Waals surface area contributed by atoms with Crippen LogP contribution in [-0.4, -0.2) is 20.8 Å². The molecule has 18 heavy (non-hydrogen) atoms. The van der Waals surface area contributed by atoms with Crippen molar-refractivity contribution in [3.63, 3.8) is 0 Å². The molecule has 1 atom stereocenters. The van der Waals surface area contributed by atoms with E-state index >= 15 is 0 Å². The van der Waals surface area contributed by atoms with Gasteiger partial charge in [-0.25, -0.2) is 0 Å². The van der Waals surface area contributed by atoms with Crippen molar-refractivity contribution in [2.24, 2.45) is 0 Å². The molecule has 3 nitrogen and oxygen atoms in total. The fourth-order valence-electron chi connectivity index (χ4n) is 1.51. The SMILES string of the molecule is CCCc1ccc(CCN[S+]([O-])C(C)(C)C)cn1. The third-order valence-corrected chi connectivity index (χ3v) is 4.17. The van der Waals surface area contributed by atoms with Crippen LogP contribution in [-0.2, 0) is 24.2 Å². The maximum Gasteiger partial charge on any atom is 0.136 e. The molecular formula is C14H24N2OS. The summed E-state index contributed by atoms with van der Waals surface area (Å²) >= 11 is -0.989. The Bertz CT molecular complexity index is 346. The molecule has 1 aromatic heterocycles. The Hall–Kier alpha value is -0.580. The molecule has 1 heterocycles. The monoisotopic (exact) mass is 268 g/mol. The van der Waals surface area contributed by atoms with Crippen molar-refractivity contribution in [3.05, 3.63) is 29.6 Å². The number of hydrogen-bond donors (Lipinski definition) is 1. The third kappa shape index (κ3) is 5.38. The first kappa shape index (κ1) is 15.5. The molecule has 4 heteroatoms. The number of aromatic nitrogens is 1. The Morgan fingerprint density at radius 3 is 2.50 bits per heavy atom. The van der Waals surface area contributed by atoms with Crippen LogP contribution in [0.25, 0.3) is 0 Å². The fraction of sp³-hybridized carbons (Fsp3) is 0.643. The first-order valence-electron chi connectivity index (χ1n) is 6.52. The highest BCUT2D eigenvalue weighted by Crippen LogP contribution is 2.12. The highest BCUT2D eigenvalue weighted by molar-refractivity contribution is 7.90. The van der Waals surface area contributed by atoms with E-state index < -0.39 is 11.4 Å². The van der Waals surface area contributed by atoms with Gasteiger partial charge in [0.25, 0.3) is 0 Å². The van der Waals surface area contributed by atoms with Crippen molar-refractivity contribution in [2.75, 3.05) is 6.54 Å². The lowest BCUT2D eigenvalue weighted by Crippen LogP contribution is -2.40. The molecule has 0 amide bonds. The number of rotatable bonds is 6. The van der Waals surface area contributed by atoms with E-state index in [-0.39, 0.29) is 4.75 Å². The van der Waals surface area contributed by atoms with E-state index in [4.69, 9.17) is 0 Å². The molecule has 0 aliphatic rings. The molecule has 102 valence electrons. The normalized spacial score (nSPS) is 13.6. The maximum atomic E-state index is 11.8. The predicted octanol–water partition coefficient (Wildman–Crippen LogP) is 2.63. The van der Waals surface area contributed by atoms with Crippen molar-refractivity contribution in [3.8, 4) is 0 Å². The fourth-order valence-corrected chi connectivity index (χ4v) is 2.23. The van der Waals surface area contributed by atoms with E-state index in [0.29, 0.717) is 0 Å². The van der Waals surface area contributed by atoms with Crippen LogP contribution in [0.2, 0.25) is 0 Å². The summed E-state index contributed by atoms with van der Waals surface area (Å²) in [5.74, 6) is 0. The molecular weight excluding hydrogens is 244 g/mol. The lowest BCUT2D eigenvalue weighted by molar-refractivity contribution is 0.544. The Labute approximate surface area is 114 Å². The quantitative estimate of drug-likeness (QED) is 0.807. The minimum Gasteiger partial charge on any atom is -0.598 e. The van der Waals surface area contributed by atoms with Crippen LogP contribution in [0.4, 0.5) is 0 Å². The topological polar surface area (TPSA) is 48.0 Å². The molecule has 1 N–H and O–H groups in total. The molecule has 0 aliphatic carbocycles. The highest BCUT2D eigenvalue weighted by atomic mass is 32.2. The van der Waals surface area contributed by atoms with E-state index in [1.807, 2.05) is 27.0 Å². The molecule has 0 saturated heterocycles. The minimum atomic E-state index is -0.989. The Morgan fingerprint density at radius 1 is 1.28 bits per heavy atom. The molecule has 1 aromatic rings. The van der Waals surface area contributed by atoms with E-state index in [9.17, 15) is 4.55 Å². The summed E-state index contributed by atoms with van der Waals surface area (Å²) in [5, 5.41) is 0. The van der Waals surface area contributed by atoms with Gasteiger partial charge in [-0.05, 0) is 45.2 Å². The average molecular weight is 268 g/mol. The van der Waals surface area contributed by atoms with Crippen LogP contribution in [0.3, 0.4) is 0 Å². The third-order valence-electron chi connectivity index (χ3n) is 2.60. The molecule has 0 saturated carbocycles. The Balaban J connectivity index is 2.35. The number of pyridine rings is 1. The van der Waals surface area contributed by atoms with Gasteiger partial charge in [0, 0.05) is 29.8 Å². The molecule has 0 aliphatic heterocycles. The highest BCUT2D eigenvalue weighted by Gasteiger charge is 2.25. The van der Waals surface area contributed by atoms with E-state index in [0.717, 1.165) is 31.5 Å². The van der Waals surface area contributed by atoms with Crippen LogP contribution in [0.1, 0.15) is 45.4 Å². The standard InChI is InChI=1S/C14H24N2OS/c1-5-6-13-8-7-12(11-15-13)9-10-16-18(17)14(2,3)4/h7-8,11,16H,5-6,9-10H2,1-4H3. The largest absolute Gasteiger partial charge is 0.598 e. The average Bonchev–Trinajstić information content (AvgIpc) is 2.30. The van der Waals surface area contributed by atoms with Crippen molar-refractivity contribution in [1.82, 2.24) is 9.71 Å². The van der Waals surface area contributed by atoms with Gasteiger partial charge in [-0.15, -0.1) is 4.72 Å². The van der Waals surface area contributed by atoms with Crippen molar-refractivity contribution in [2.45, 2.75) is 51.7 Å². The second-order valence-electron chi connectivity index (χ2n) is 5.43. The van der Waals surface area contributed by atoms with E-state index in [1.165, 1.54) is 5.56 Å². The zero-order valence-corrected chi connectivity index (χ0v) is 12.6. The van der Waals surface area contributed by atoms with Gasteiger partial charge >= 0.3 is 0 Å². The van der Waals surface area contributed by atoms with Crippen LogP contribution >= 0.6 is 0 Å². The summed E-state index contributed by atoms with van der Waals surface area (Å²) in [6, 6.07) is 4.19. The van der Waals surface area contributed by atoms with Gasteiger partial charge in [-0.2, -0.15) is 0 Å². The summed E-state index contributed by atoms with van der Waals surface area (Å²) in [5.41, 5.74) is 2.33. The number of nitrogens with one attached hydrogen (secondary N) is 1. The van der Waals surface area contributed by atoms with Crippen LogP contribution in [0, 0.1) is 0 Å². The molecule has 0 spiro atoms. The number of aryl methyl sites for hydroxylation is 1. The minimum absolute atomic E-state index is 0.205. The summed E-state index contributed by atoms with van der Waals surface area (Å²) in [6.45, 7) is 8.78. The Morgan fingerprint density at radius 2 is 2.00 bits per heavy atom. The summed E-state index contributed by atoms with van der Waals surface area (Å²) in [4.78, 5) is 4.41. The Kier molecular flexibility index (Phi) is 6.12. The number of hydrogen-bond acceptors (Lipinski definition) is 3. The zero-order valence-electron chi connectivity index (χ0n) is 11.8. The summed E-state index contributed by atoms with van der Waals surface area (Å²) < 4.78 is 14.6. The van der Waals surface area contributed by atoms with Crippen molar-refractivity contribution in [1.29, 1.82) is 0 Å². The molecule has 1 rings (SSSR count). The van der Waals surface area contributed by atoms with E-state index in [2.05, 4.69) is 28.8 Å². The maximum absolute atomic E-state index is 11.8. The van der Waals surface area contributed by atoms with Gasteiger partial charge in [0.1, 0.15) is 4.75 Å². The lowest BCUT2D eigenvalue weighted by Gasteiger charge is -2.23. The van der Waals surface area contributed by atoms with Gasteiger partial charge in [-0.3, -0.25) is 4.98 Å². The van der Waals surface area contributed by atoms with Gasteiger partial charge in [0.2, 0.25) is 0 Å². The van der Waals surface area contributed by atoms with Crippen LogP contribution in [0.5, 0.6) is 0 Å². The molecule has 0 bridgehead atoms. The summed E-state index contributed by atoms with van der Waals surface area (Å²) in [6.07, 6.45) is 4.94.